The van der Waals surface area contributed by atoms with Gasteiger partial charge in [0.15, 0.2) is 5.69 Å². The zero-order valence-electron chi connectivity index (χ0n) is 13.9. The minimum atomic E-state index is -0.271. The predicted octanol–water partition coefficient (Wildman–Crippen LogP) is 1.89. The van der Waals surface area contributed by atoms with Crippen LogP contribution >= 0.6 is 24.8 Å². The third kappa shape index (κ3) is 4.32. The van der Waals surface area contributed by atoms with E-state index in [0.29, 0.717) is 23.7 Å². The largest absolute Gasteiger partial charge is 0.319 e. The molecule has 0 unspecified atom stereocenters. The summed E-state index contributed by atoms with van der Waals surface area (Å²) in [6.07, 6.45) is 4.26. The van der Waals surface area contributed by atoms with E-state index in [1.807, 2.05) is 0 Å². The molecule has 4 rings (SSSR count). The Morgan fingerprint density at radius 3 is 2.65 bits per heavy atom. The molecule has 4 N–H and O–H groups in total. The lowest BCUT2D eigenvalue weighted by molar-refractivity contribution is -0.117. The van der Waals surface area contributed by atoms with E-state index in [9.17, 15) is 9.59 Å². The third-order valence-electron chi connectivity index (χ3n) is 4.24. The first kappa shape index (κ1) is 20.2. The average Bonchev–Trinajstić information content (AvgIpc) is 3.36. The van der Waals surface area contributed by atoms with Gasteiger partial charge in [-0.3, -0.25) is 14.7 Å². The average molecular weight is 399 g/mol. The number of amides is 2. The van der Waals surface area contributed by atoms with Gasteiger partial charge in [-0.05, 0) is 25.0 Å². The topological polar surface area (TPSA) is 112 Å². The maximum Gasteiger partial charge on any atom is 0.276 e. The number of rotatable bonds is 4. The number of carbonyl (C=O) groups excluding carboxylic acids is 2. The number of hydrogen-bond acceptors (Lipinski definition) is 5. The van der Waals surface area contributed by atoms with Gasteiger partial charge in [-0.1, -0.05) is 0 Å². The van der Waals surface area contributed by atoms with Crippen LogP contribution in [-0.4, -0.2) is 33.5 Å². The predicted molar refractivity (Wildman–Crippen MR) is 102 cm³/mol. The second-order valence-electron chi connectivity index (χ2n) is 6.11. The Kier molecular flexibility index (Phi) is 6.57. The summed E-state index contributed by atoms with van der Waals surface area (Å²) in [5.74, 6) is 0.361. The first-order chi connectivity index (χ1) is 11.7. The molecule has 1 aliphatic carbocycles. The summed E-state index contributed by atoms with van der Waals surface area (Å²) in [5, 5.41) is 15.8. The van der Waals surface area contributed by atoms with Crippen LogP contribution in [-0.2, 0) is 17.8 Å². The molecule has 1 aliphatic heterocycles. The van der Waals surface area contributed by atoms with Gasteiger partial charge in [0.1, 0.15) is 5.82 Å². The monoisotopic (exact) mass is 398 g/mol. The van der Waals surface area contributed by atoms with E-state index in [4.69, 9.17) is 0 Å². The molecule has 8 nitrogen and oxygen atoms in total. The summed E-state index contributed by atoms with van der Waals surface area (Å²) >= 11 is 0. The van der Waals surface area contributed by atoms with Crippen LogP contribution in [0, 0.1) is 5.92 Å². The number of pyridine rings is 1. The Morgan fingerprint density at radius 1 is 1.15 bits per heavy atom. The Labute approximate surface area is 162 Å². The molecule has 0 spiro atoms. The smallest absolute Gasteiger partial charge is 0.276 e. The fourth-order valence-electron chi connectivity index (χ4n) is 2.72. The van der Waals surface area contributed by atoms with Crippen LogP contribution < -0.4 is 16.0 Å². The molecule has 140 valence electrons. The third-order valence-corrected chi connectivity index (χ3v) is 4.24. The van der Waals surface area contributed by atoms with Crippen LogP contribution in [0.4, 0.5) is 11.5 Å². The zero-order valence-corrected chi connectivity index (χ0v) is 15.5. The van der Waals surface area contributed by atoms with Gasteiger partial charge in [0.25, 0.3) is 5.91 Å². The van der Waals surface area contributed by atoms with E-state index in [1.165, 1.54) is 6.20 Å². The lowest BCUT2D eigenvalue weighted by Gasteiger charge is -2.12. The number of hydrogen-bond donors (Lipinski definition) is 4. The van der Waals surface area contributed by atoms with E-state index in [2.05, 4.69) is 31.1 Å². The molecule has 0 aromatic carbocycles. The molecule has 2 aromatic rings. The highest BCUT2D eigenvalue weighted by Gasteiger charge is 2.29. The minimum Gasteiger partial charge on any atom is -0.319 e. The van der Waals surface area contributed by atoms with Crippen LogP contribution in [0.1, 0.15) is 34.6 Å². The molecule has 1 fully saturated rings. The summed E-state index contributed by atoms with van der Waals surface area (Å²) in [6, 6.07) is 3.39. The number of nitrogens with zero attached hydrogens (tertiary/aromatic N) is 2. The molecule has 0 radical (unpaired) electrons. The highest BCUT2D eigenvalue weighted by Crippen LogP contribution is 2.30. The lowest BCUT2D eigenvalue weighted by atomic mass is 10.1. The van der Waals surface area contributed by atoms with Crippen molar-refractivity contribution in [1.29, 1.82) is 0 Å². The Morgan fingerprint density at radius 2 is 1.96 bits per heavy atom. The summed E-state index contributed by atoms with van der Waals surface area (Å²) in [5.41, 5.74) is 2.89. The first-order valence-electron chi connectivity index (χ1n) is 8.06. The molecule has 2 amide bonds. The van der Waals surface area contributed by atoms with E-state index in [1.54, 1.807) is 12.1 Å². The van der Waals surface area contributed by atoms with Crippen LogP contribution in [0.15, 0.2) is 18.3 Å². The fourth-order valence-corrected chi connectivity index (χ4v) is 2.72. The van der Waals surface area contributed by atoms with E-state index >= 15 is 0 Å². The molecule has 0 atom stereocenters. The molecule has 26 heavy (non-hydrogen) atoms. The van der Waals surface area contributed by atoms with Gasteiger partial charge in [0, 0.05) is 36.7 Å². The number of fused-ring (bicyclic) bond motifs is 1. The van der Waals surface area contributed by atoms with Gasteiger partial charge in [0.05, 0.1) is 11.9 Å². The fraction of sp³-hybridized carbons (Fsp3) is 0.375. The van der Waals surface area contributed by atoms with Crippen molar-refractivity contribution in [1.82, 2.24) is 20.5 Å². The van der Waals surface area contributed by atoms with Crippen LogP contribution in [0.3, 0.4) is 0 Å². The Balaban J connectivity index is 0.00000121. The van der Waals surface area contributed by atoms with Crippen molar-refractivity contribution in [2.75, 3.05) is 17.2 Å². The van der Waals surface area contributed by atoms with Gasteiger partial charge in [-0.15, -0.1) is 24.8 Å². The van der Waals surface area contributed by atoms with Gasteiger partial charge >= 0.3 is 0 Å². The SMILES string of the molecule is Cl.Cl.O=C(Nc1ccc(NC(=O)C2CC2)nc1)c1n[nH]c2c1CNCC2. The number of anilines is 2. The van der Waals surface area contributed by atoms with E-state index in [0.717, 1.165) is 37.1 Å². The van der Waals surface area contributed by atoms with Gasteiger partial charge in [-0.25, -0.2) is 4.98 Å². The number of H-pyrrole nitrogens is 1. The number of halogens is 2. The summed E-state index contributed by atoms with van der Waals surface area (Å²) in [4.78, 5) is 28.2. The maximum atomic E-state index is 12.4. The summed E-state index contributed by atoms with van der Waals surface area (Å²) < 4.78 is 0. The second-order valence-corrected chi connectivity index (χ2v) is 6.11. The molecule has 0 bridgehead atoms. The standard InChI is InChI=1S/C16H18N6O2.2ClH/c23-15(9-1-2-9)20-13-4-3-10(7-18-13)19-16(24)14-11-8-17-6-5-12(11)21-22-14;;/h3-4,7,9,17H,1-2,5-6,8H2,(H,19,24)(H,21,22)(H,18,20,23);2*1H. The number of aromatic amines is 1. The lowest BCUT2D eigenvalue weighted by Crippen LogP contribution is -2.25. The van der Waals surface area contributed by atoms with Gasteiger partial charge < -0.3 is 16.0 Å². The van der Waals surface area contributed by atoms with Crippen molar-refractivity contribution >= 4 is 48.1 Å². The number of carbonyl (C=O) groups is 2. The maximum absolute atomic E-state index is 12.4. The van der Waals surface area contributed by atoms with Crippen LogP contribution in [0.25, 0.3) is 0 Å². The molecule has 0 saturated heterocycles. The molecular formula is C16H20Cl2N6O2. The Hall–Kier alpha value is -2.16. The van der Waals surface area contributed by atoms with Crippen molar-refractivity contribution in [3.63, 3.8) is 0 Å². The first-order valence-corrected chi connectivity index (χ1v) is 8.06. The summed E-state index contributed by atoms with van der Waals surface area (Å²) in [6.45, 7) is 1.52. The van der Waals surface area contributed by atoms with Crippen LogP contribution in [0.2, 0.25) is 0 Å². The van der Waals surface area contributed by atoms with Gasteiger partial charge in [0.2, 0.25) is 5.91 Å². The van der Waals surface area contributed by atoms with Crippen molar-refractivity contribution in [3.8, 4) is 0 Å². The van der Waals surface area contributed by atoms with Crippen molar-refractivity contribution in [3.05, 3.63) is 35.3 Å². The Bertz CT molecular complexity index is 789. The summed E-state index contributed by atoms with van der Waals surface area (Å²) in [7, 11) is 0. The molecule has 2 aliphatic rings. The minimum absolute atomic E-state index is 0. The molecule has 3 heterocycles. The highest BCUT2D eigenvalue weighted by molar-refractivity contribution is 6.04. The quantitative estimate of drug-likeness (QED) is 0.628. The van der Waals surface area contributed by atoms with Crippen molar-refractivity contribution in [2.45, 2.75) is 25.8 Å². The molecule has 1 saturated carbocycles. The van der Waals surface area contributed by atoms with Crippen LogP contribution in [0.5, 0.6) is 0 Å². The molecule has 2 aromatic heterocycles. The van der Waals surface area contributed by atoms with E-state index < -0.39 is 0 Å². The van der Waals surface area contributed by atoms with E-state index in [-0.39, 0.29) is 42.5 Å². The second kappa shape index (κ2) is 8.48. The zero-order chi connectivity index (χ0) is 16.5. The normalized spacial score (nSPS) is 15.1. The van der Waals surface area contributed by atoms with Gasteiger partial charge in [-0.2, -0.15) is 5.10 Å². The van der Waals surface area contributed by atoms with Crippen molar-refractivity contribution < 1.29 is 9.59 Å². The number of aromatic nitrogens is 3. The molecule has 10 heteroatoms. The number of nitrogens with one attached hydrogen (secondary N) is 4. The highest BCUT2D eigenvalue weighted by atomic mass is 35.5. The molecular weight excluding hydrogens is 379 g/mol. The van der Waals surface area contributed by atoms with Crippen molar-refractivity contribution in [2.24, 2.45) is 5.92 Å².